The van der Waals surface area contributed by atoms with Crippen LogP contribution in [0.4, 0.5) is 5.69 Å². The minimum absolute atomic E-state index is 0.0593. The van der Waals surface area contributed by atoms with Crippen molar-refractivity contribution in [3.05, 3.63) is 95.0 Å². The summed E-state index contributed by atoms with van der Waals surface area (Å²) in [6.45, 7) is 1.73. The van der Waals surface area contributed by atoms with E-state index in [0.717, 1.165) is 16.1 Å². The molecule has 0 aromatic heterocycles. The Kier molecular flexibility index (Phi) is 10.2. The molecule has 1 unspecified atom stereocenters. The number of hydrogen-bond acceptors (Lipinski definition) is 5. The average molecular weight is 558 g/mol. The summed E-state index contributed by atoms with van der Waals surface area (Å²) in [6, 6.07) is 21.9. The Bertz CT molecular complexity index is 1350. The van der Waals surface area contributed by atoms with Crippen LogP contribution in [-0.4, -0.2) is 57.6 Å². The molecule has 0 aliphatic carbocycles. The molecule has 1 N–H and O–H groups in total. The Morgan fingerprint density at radius 1 is 0.974 bits per heavy atom. The van der Waals surface area contributed by atoms with Crippen molar-refractivity contribution in [1.82, 2.24) is 10.2 Å². The van der Waals surface area contributed by atoms with Gasteiger partial charge in [-0.3, -0.25) is 13.9 Å². The zero-order valence-electron chi connectivity index (χ0n) is 21.6. The van der Waals surface area contributed by atoms with Crippen LogP contribution in [0.2, 0.25) is 5.02 Å². The van der Waals surface area contributed by atoms with E-state index in [9.17, 15) is 18.0 Å². The van der Waals surface area contributed by atoms with Crippen molar-refractivity contribution in [2.75, 3.05) is 30.8 Å². The number of likely N-dealkylation sites (N-methyl/N-ethyl adjacent to an activating group) is 1. The third kappa shape index (κ3) is 7.97. The van der Waals surface area contributed by atoms with Crippen LogP contribution in [-0.2, 0) is 32.6 Å². The molecule has 0 radical (unpaired) electrons. The van der Waals surface area contributed by atoms with Crippen molar-refractivity contribution in [3.63, 3.8) is 0 Å². The average Bonchev–Trinajstić information content (AvgIpc) is 2.89. The minimum Gasteiger partial charge on any atom is -0.497 e. The maximum absolute atomic E-state index is 13.9. The number of ether oxygens (including phenoxy) is 1. The van der Waals surface area contributed by atoms with E-state index in [-0.39, 0.29) is 24.6 Å². The number of nitrogens with zero attached hydrogens (tertiary/aromatic N) is 2. The zero-order chi connectivity index (χ0) is 27.7. The van der Waals surface area contributed by atoms with Gasteiger partial charge in [-0.15, -0.1) is 0 Å². The summed E-state index contributed by atoms with van der Waals surface area (Å²) in [5.74, 6) is -0.423. The van der Waals surface area contributed by atoms with E-state index in [2.05, 4.69) is 5.32 Å². The lowest BCUT2D eigenvalue weighted by atomic mass is 10.0. The van der Waals surface area contributed by atoms with E-state index in [4.69, 9.17) is 16.3 Å². The molecule has 10 heteroatoms. The first-order valence-electron chi connectivity index (χ1n) is 12.1. The Labute approximate surface area is 229 Å². The SMILES string of the molecule is CCNC(=O)C(Cc1ccccc1)N(Cc1cccc(Cl)c1)C(=O)CN(c1cccc(OC)c1)S(C)(=O)=O. The molecule has 2 amide bonds. The van der Waals surface area contributed by atoms with E-state index in [1.807, 2.05) is 30.3 Å². The maximum Gasteiger partial charge on any atom is 0.244 e. The van der Waals surface area contributed by atoms with Gasteiger partial charge in [0.25, 0.3) is 0 Å². The van der Waals surface area contributed by atoms with Gasteiger partial charge in [-0.2, -0.15) is 0 Å². The molecule has 3 rings (SSSR count). The molecular weight excluding hydrogens is 526 g/mol. The van der Waals surface area contributed by atoms with Gasteiger partial charge in [-0.05, 0) is 42.3 Å². The number of halogens is 1. The second-order valence-corrected chi connectivity index (χ2v) is 11.1. The standard InChI is InChI=1S/C28H32ClN3O5S/c1-4-30-28(34)26(17-21-10-6-5-7-11-21)31(19-22-12-8-13-23(29)16-22)27(33)20-32(38(3,35)36)24-14-9-15-25(18-24)37-2/h5-16,18,26H,4,17,19-20H2,1-3H3,(H,30,34). The third-order valence-electron chi connectivity index (χ3n) is 5.88. The number of anilines is 1. The summed E-state index contributed by atoms with van der Waals surface area (Å²) < 4.78 is 31.9. The second kappa shape index (κ2) is 13.3. The van der Waals surface area contributed by atoms with Gasteiger partial charge in [0.2, 0.25) is 21.8 Å². The zero-order valence-corrected chi connectivity index (χ0v) is 23.2. The van der Waals surface area contributed by atoms with Crippen LogP contribution in [0, 0.1) is 0 Å². The van der Waals surface area contributed by atoms with Crippen LogP contribution in [0.15, 0.2) is 78.9 Å². The summed E-state index contributed by atoms with van der Waals surface area (Å²) >= 11 is 6.20. The van der Waals surface area contributed by atoms with Crippen molar-refractivity contribution in [1.29, 1.82) is 0 Å². The van der Waals surface area contributed by atoms with Gasteiger partial charge >= 0.3 is 0 Å². The van der Waals surface area contributed by atoms with Crippen molar-refractivity contribution in [2.45, 2.75) is 25.9 Å². The summed E-state index contributed by atoms with van der Waals surface area (Å²) in [5, 5.41) is 3.31. The van der Waals surface area contributed by atoms with Gasteiger partial charge < -0.3 is 15.0 Å². The first-order valence-corrected chi connectivity index (χ1v) is 14.3. The highest BCUT2D eigenvalue weighted by molar-refractivity contribution is 7.92. The highest BCUT2D eigenvalue weighted by atomic mass is 35.5. The number of carbonyl (C=O) groups is 2. The predicted molar refractivity (Wildman–Crippen MR) is 150 cm³/mol. The minimum atomic E-state index is -3.86. The van der Waals surface area contributed by atoms with E-state index in [1.165, 1.54) is 12.0 Å². The van der Waals surface area contributed by atoms with Crippen LogP contribution >= 0.6 is 11.6 Å². The third-order valence-corrected chi connectivity index (χ3v) is 7.26. The molecule has 0 bridgehead atoms. The quantitative estimate of drug-likeness (QED) is 0.364. The first-order chi connectivity index (χ1) is 18.1. The molecule has 0 aliphatic heterocycles. The van der Waals surface area contributed by atoms with Crippen LogP contribution in [0.3, 0.4) is 0 Å². The van der Waals surface area contributed by atoms with Gasteiger partial charge in [-0.25, -0.2) is 8.42 Å². The summed E-state index contributed by atoms with van der Waals surface area (Å²) in [4.78, 5) is 28.7. The fraction of sp³-hybridized carbons (Fsp3) is 0.286. The van der Waals surface area contributed by atoms with Crippen molar-refractivity contribution in [3.8, 4) is 5.75 Å². The smallest absolute Gasteiger partial charge is 0.244 e. The summed E-state index contributed by atoms with van der Waals surface area (Å²) in [5.41, 5.74) is 1.85. The predicted octanol–water partition coefficient (Wildman–Crippen LogP) is 3.89. The fourth-order valence-electron chi connectivity index (χ4n) is 4.06. The fourth-order valence-corrected chi connectivity index (χ4v) is 5.11. The van der Waals surface area contributed by atoms with Crippen LogP contribution in [0.1, 0.15) is 18.1 Å². The molecular formula is C28H32ClN3O5S. The van der Waals surface area contributed by atoms with Crippen molar-refractivity contribution in [2.24, 2.45) is 0 Å². The molecule has 3 aromatic carbocycles. The second-order valence-electron chi connectivity index (χ2n) is 8.72. The molecule has 0 spiro atoms. The molecule has 0 aliphatic rings. The first kappa shape index (κ1) is 29.0. The Balaban J connectivity index is 2.04. The molecule has 0 saturated heterocycles. The molecule has 0 saturated carbocycles. The van der Waals surface area contributed by atoms with E-state index in [1.54, 1.807) is 55.5 Å². The topological polar surface area (TPSA) is 96.0 Å². The summed E-state index contributed by atoms with van der Waals surface area (Å²) in [7, 11) is -2.38. The van der Waals surface area contributed by atoms with Gasteiger partial charge in [-0.1, -0.05) is 60.1 Å². The molecule has 38 heavy (non-hydrogen) atoms. The monoisotopic (exact) mass is 557 g/mol. The van der Waals surface area contributed by atoms with Crippen LogP contribution < -0.4 is 14.4 Å². The Morgan fingerprint density at radius 2 is 1.66 bits per heavy atom. The number of methoxy groups -OCH3 is 1. The largest absolute Gasteiger partial charge is 0.497 e. The number of carbonyl (C=O) groups excluding carboxylic acids is 2. The lowest BCUT2D eigenvalue weighted by molar-refractivity contribution is -0.140. The van der Waals surface area contributed by atoms with Gasteiger partial charge in [0.05, 0.1) is 19.1 Å². The Morgan fingerprint density at radius 3 is 2.29 bits per heavy atom. The van der Waals surface area contributed by atoms with Crippen molar-refractivity contribution < 1.29 is 22.7 Å². The molecule has 0 fully saturated rings. The number of rotatable bonds is 12. The van der Waals surface area contributed by atoms with Crippen LogP contribution in [0.25, 0.3) is 0 Å². The normalized spacial score (nSPS) is 11.9. The van der Waals surface area contributed by atoms with Crippen LogP contribution in [0.5, 0.6) is 5.75 Å². The molecule has 3 aromatic rings. The highest BCUT2D eigenvalue weighted by Crippen LogP contribution is 2.24. The maximum atomic E-state index is 13.9. The van der Waals surface area contributed by atoms with Crippen molar-refractivity contribution >= 4 is 39.1 Å². The van der Waals surface area contributed by atoms with E-state index >= 15 is 0 Å². The molecule has 1 atom stereocenters. The molecule has 202 valence electrons. The van der Waals surface area contributed by atoms with Gasteiger partial charge in [0.1, 0.15) is 18.3 Å². The highest BCUT2D eigenvalue weighted by Gasteiger charge is 2.33. The van der Waals surface area contributed by atoms with E-state index < -0.39 is 28.5 Å². The molecule has 0 heterocycles. The lowest BCUT2D eigenvalue weighted by Crippen LogP contribution is -2.53. The number of benzene rings is 3. The van der Waals surface area contributed by atoms with E-state index in [0.29, 0.717) is 22.9 Å². The number of hydrogen-bond donors (Lipinski definition) is 1. The number of amides is 2. The molecule has 8 nitrogen and oxygen atoms in total. The summed E-state index contributed by atoms with van der Waals surface area (Å²) in [6.07, 6.45) is 1.28. The van der Waals surface area contributed by atoms with Gasteiger partial charge in [0, 0.05) is 30.6 Å². The number of sulfonamides is 1. The lowest BCUT2D eigenvalue weighted by Gasteiger charge is -2.33. The Hall–Kier alpha value is -3.56. The number of nitrogens with one attached hydrogen (secondary N) is 1. The van der Waals surface area contributed by atoms with Gasteiger partial charge in [0.15, 0.2) is 0 Å².